The zero-order chi connectivity index (χ0) is 22.7. The van der Waals surface area contributed by atoms with Gasteiger partial charge in [0.1, 0.15) is 18.3 Å². The molecule has 5 atom stereocenters. The van der Waals surface area contributed by atoms with Gasteiger partial charge in [-0.05, 0) is 18.2 Å². The Bertz CT molecular complexity index is 970. The van der Waals surface area contributed by atoms with Crippen molar-refractivity contribution >= 4 is 29.2 Å². The molecule has 2 saturated heterocycles. The van der Waals surface area contributed by atoms with Gasteiger partial charge in [0.15, 0.2) is 0 Å². The number of nitrogens with zero attached hydrogens (tertiary/aromatic N) is 2. The summed E-state index contributed by atoms with van der Waals surface area (Å²) in [5, 5.41) is 23.3. The lowest BCUT2D eigenvalue weighted by Gasteiger charge is -2.20. The lowest BCUT2D eigenvalue weighted by molar-refractivity contribution is -0.124. The van der Waals surface area contributed by atoms with Gasteiger partial charge in [-0.1, -0.05) is 17.7 Å². The van der Waals surface area contributed by atoms with Crippen LogP contribution >= 0.6 is 11.6 Å². The summed E-state index contributed by atoms with van der Waals surface area (Å²) >= 11 is 5.91. The number of carbonyl (C=O) groups excluding carboxylic acids is 2. The number of aromatic nitrogens is 2. The Hall–Kier alpha value is -2.66. The fourth-order valence-electron chi connectivity index (χ4n) is 3.99. The van der Waals surface area contributed by atoms with Crippen LogP contribution in [0.15, 0.2) is 36.7 Å². The first-order valence-electron chi connectivity index (χ1n) is 10.4. The van der Waals surface area contributed by atoms with Gasteiger partial charge < -0.3 is 30.5 Å². The molecule has 10 nitrogen and oxygen atoms in total. The number of fused-ring (bicyclic) bond motifs is 1. The number of urea groups is 1. The maximum absolute atomic E-state index is 12.2. The zero-order valence-electron chi connectivity index (χ0n) is 17.5. The largest absolute Gasteiger partial charge is 0.388 e. The fourth-order valence-corrected chi connectivity index (χ4v) is 4.18. The number of ether oxygens (including phenoxy) is 2. The first-order valence-corrected chi connectivity index (χ1v) is 10.8. The predicted molar refractivity (Wildman–Crippen MR) is 116 cm³/mol. The van der Waals surface area contributed by atoms with Gasteiger partial charge >= 0.3 is 6.03 Å². The molecule has 11 heteroatoms. The summed E-state index contributed by atoms with van der Waals surface area (Å²) in [6.07, 6.45) is 1.59. The van der Waals surface area contributed by atoms with Crippen molar-refractivity contribution in [2.75, 3.05) is 11.9 Å². The lowest BCUT2D eigenvalue weighted by atomic mass is 10.1. The molecule has 0 aliphatic carbocycles. The maximum Gasteiger partial charge on any atom is 0.319 e. The first kappa shape index (κ1) is 22.5. The van der Waals surface area contributed by atoms with Crippen molar-refractivity contribution < 1.29 is 24.2 Å². The number of aliphatic hydroxyl groups is 1. The van der Waals surface area contributed by atoms with Crippen LogP contribution in [0.25, 0.3) is 0 Å². The number of halogens is 1. The van der Waals surface area contributed by atoms with E-state index in [9.17, 15) is 14.7 Å². The molecule has 2 fully saturated rings. The van der Waals surface area contributed by atoms with Crippen molar-refractivity contribution in [3.8, 4) is 0 Å². The Morgan fingerprint density at radius 1 is 1.31 bits per heavy atom. The third-order valence-electron chi connectivity index (χ3n) is 5.49. The minimum atomic E-state index is -0.894. The summed E-state index contributed by atoms with van der Waals surface area (Å²) in [5.74, 6) is -0.135. The summed E-state index contributed by atoms with van der Waals surface area (Å²) < 4.78 is 13.4. The second-order valence-electron chi connectivity index (χ2n) is 8.01. The van der Waals surface area contributed by atoms with Crippen LogP contribution < -0.4 is 16.0 Å². The van der Waals surface area contributed by atoms with Gasteiger partial charge in [0.2, 0.25) is 5.91 Å². The second-order valence-corrected chi connectivity index (χ2v) is 8.45. The van der Waals surface area contributed by atoms with E-state index >= 15 is 0 Å². The third kappa shape index (κ3) is 5.57. The van der Waals surface area contributed by atoms with Crippen LogP contribution in [0.1, 0.15) is 18.4 Å². The molecule has 32 heavy (non-hydrogen) atoms. The second kappa shape index (κ2) is 9.86. The van der Waals surface area contributed by atoms with Gasteiger partial charge in [-0.15, -0.1) is 0 Å². The predicted octanol–water partition coefficient (Wildman–Crippen LogP) is 1.19. The molecule has 3 amide bonds. The number of hydrogen-bond donors (Lipinski definition) is 4. The zero-order valence-corrected chi connectivity index (χ0v) is 18.3. The molecule has 172 valence electrons. The number of benzene rings is 1. The number of aryl methyl sites for hydroxylation is 1. The van der Waals surface area contributed by atoms with Crippen molar-refractivity contribution in [3.05, 3.63) is 47.2 Å². The Labute approximate surface area is 190 Å². The minimum Gasteiger partial charge on any atom is -0.388 e. The highest BCUT2D eigenvalue weighted by molar-refractivity contribution is 6.30. The van der Waals surface area contributed by atoms with Crippen molar-refractivity contribution in [2.24, 2.45) is 7.05 Å². The SMILES string of the molecule is Cn1cc(CNC(=O)CC2CC3OC(CNC(=O)Nc4cccc(Cl)c4)C(O)C3O2)cn1. The number of rotatable bonds is 7. The highest BCUT2D eigenvalue weighted by Crippen LogP contribution is 2.35. The third-order valence-corrected chi connectivity index (χ3v) is 5.72. The van der Waals surface area contributed by atoms with Gasteiger partial charge in [-0.3, -0.25) is 9.48 Å². The van der Waals surface area contributed by atoms with E-state index in [-0.39, 0.29) is 31.1 Å². The molecule has 2 aromatic rings. The summed E-state index contributed by atoms with van der Waals surface area (Å²) in [6, 6.07) is 6.37. The van der Waals surface area contributed by atoms with E-state index in [0.29, 0.717) is 23.7 Å². The summed E-state index contributed by atoms with van der Waals surface area (Å²) in [7, 11) is 1.82. The van der Waals surface area contributed by atoms with E-state index in [1.165, 1.54) is 0 Å². The Kier molecular flexibility index (Phi) is 6.95. The molecule has 4 rings (SSSR count). The van der Waals surface area contributed by atoms with Gasteiger partial charge in [0.05, 0.1) is 24.8 Å². The molecular weight excluding hydrogens is 438 g/mol. The van der Waals surface area contributed by atoms with Crippen LogP contribution in [0.4, 0.5) is 10.5 Å². The van der Waals surface area contributed by atoms with Crippen LogP contribution in [0, 0.1) is 0 Å². The lowest BCUT2D eigenvalue weighted by Crippen LogP contribution is -2.42. The van der Waals surface area contributed by atoms with Gasteiger partial charge in [-0.25, -0.2) is 4.79 Å². The number of carbonyl (C=O) groups is 2. The average Bonchev–Trinajstić information content (AvgIpc) is 3.41. The summed E-state index contributed by atoms with van der Waals surface area (Å²) in [4.78, 5) is 24.3. The molecule has 2 aliphatic heterocycles. The number of anilines is 1. The van der Waals surface area contributed by atoms with Crippen LogP contribution in [0.2, 0.25) is 5.02 Å². The molecule has 1 aromatic heterocycles. The Morgan fingerprint density at radius 3 is 2.88 bits per heavy atom. The van der Waals surface area contributed by atoms with Crippen molar-refractivity contribution in [1.29, 1.82) is 0 Å². The van der Waals surface area contributed by atoms with Gasteiger partial charge in [0, 0.05) is 49.0 Å². The van der Waals surface area contributed by atoms with E-state index < -0.39 is 24.3 Å². The van der Waals surface area contributed by atoms with Gasteiger partial charge in [-0.2, -0.15) is 5.10 Å². The molecule has 2 aliphatic rings. The number of aliphatic hydroxyl groups excluding tert-OH is 1. The molecular formula is C21H26ClN5O5. The number of hydrogen-bond acceptors (Lipinski definition) is 6. The summed E-state index contributed by atoms with van der Waals surface area (Å²) in [6.45, 7) is 0.524. The van der Waals surface area contributed by atoms with Crippen molar-refractivity contribution in [3.63, 3.8) is 0 Å². The Balaban J connectivity index is 1.18. The monoisotopic (exact) mass is 463 g/mol. The van der Waals surface area contributed by atoms with Crippen molar-refractivity contribution in [1.82, 2.24) is 20.4 Å². The summed E-state index contributed by atoms with van der Waals surface area (Å²) in [5.41, 5.74) is 1.48. The minimum absolute atomic E-state index is 0.125. The topological polar surface area (TPSA) is 127 Å². The molecule has 0 radical (unpaired) electrons. The quantitative estimate of drug-likeness (QED) is 0.488. The smallest absolute Gasteiger partial charge is 0.319 e. The van der Waals surface area contributed by atoms with E-state index in [4.69, 9.17) is 21.1 Å². The number of amides is 3. The highest BCUT2D eigenvalue weighted by Gasteiger charge is 2.50. The molecule has 1 aromatic carbocycles. The standard InChI is InChI=1S/C21H26ClN5O5/c1-27-11-12(9-25-27)8-23-18(28)7-15-6-16-20(31-15)19(29)17(32-16)10-24-21(30)26-14-4-2-3-13(22)5-14/h2-5,9,11,15-17,19-20,29H,6-8,10H2,1H3,(H,23,28)(H2,24,26,30). The normalized spacial score (nSPS) is 26.5. The van der Waals surface area contributed by atoms with Crippen LogP contribution in [0.5, 0.6) is 0 Å². The maximum atomic E-state index is 12.2. The molecule has 0 spiro atoms. The van der Waals surface area contributed by atoms with Crippen LogP contribution in [-0.4, -0.2) is 63.9 Å². The highest BCUT2D eigenvalue weighted by atomic mass is 35.5. The first-order chi connectivity index (χ1) is 15.4. The van der Waals surface area contributed by atoms with Crippen LogP contribution in [-0.2, 0) is 27.9 Å². The Morgan fingerprint density at radius 2 is 2.16 bits per heavy atom. The average molecular weight is 464 g/mol. The number of nitrogens with one attached hydrogen (secondary N) is 3. The van der Waals surface area contributed by atoms with E-state index in [1.807, 2.05) is 13.2 Å². The van der Waals surface area contributed by atoms with E-state index in [1.54, 1.807) is 35.1 Å². The van der Waals surface area contributed by atoms with Crippen LogP contribution in [0.3, 0.4) is 0 Å². The molecule has 0 bridgehead atoms. The molecule has 5 unspecified atom stereocenters. The van der Waals surface area contributed by atoms with Crippen molar-refractivity contribution in [2.45, 2.75) is 49.9 Å². The van der Waals surface area contributed by atoms with E-state index in [0.717, 1.165) is 5.56 Å². The fraction of sp³-hybridized carbons (Fsp3) is 0.476. The van der Waals surface area contributed by atoms with E-state index in [2.05, 4.69) is 21.0 Å². The molecule has 0 saturated carbocycles. The van der Waals surface area contributed by atoms with Gasteiger partial charge in [0.25, 0.3) is 0 Å². The molecule has 4 N–H and O–H groups in total. The molecule has 3 heterocycles.